The molecule has 1 amide bonds. The average molecular weight is 394 g/mol. The lowest BCUT2D eigenvalue weighted by Gasteiger charge is -2.15. The van der Waals surface area contributed by atoms with Crippen molar-refractivity contribution < 1.29 is 17.9 Å². The summed E-state index contributed by atoms with van der Waals surface area (Å²) in [4.78, 5) is 16.2. The van der Waals surface area contributed by atoms with Gasteiger partial charge in [-0.3, -0.25) is 4.79 Å². The van der Waals surface area contributed by atoms with Crippen LogP contribution in [0.5, 0.6) is 5.75 Å². The minimum atomic E-state index is -3.80. The maximum Gasteiger partial charge on any atom is 0.241 e. The number of amides is 1. The van der Waals surface area contributed by atoms with Crippen LogP contribution in [0.25, 0.3) is 0 Å². The molecule has 0 bridgehead atoms. The van der Waals surface area contributed by atoms with Crippen LogP contribution in [0.3, 0.4) is 0 Å². The lowest BCUT2D eigenvalue weighted by molar-refractivity contribution is -0.122. The highest BCUT2D eigenvalue weighted by molar-refractivity contribution is 7.89. The molecule has 27 heavy (non-hydrogen) atoms. The van der Waals surface area contributed by atoms with Crippen molar-refractivity contribution in [3.8, 4) is 5.75 Å². The fourth-order valence-electron chi connectivity index (χ4n) is 2.51. The summed E-state index contributed by atoms with van der Waals surface area (Å²) in [5.74, 6) is 0.270. The predicted molar refractivity (Wildman–Crippen MR) is 102 cm³/mol. The van der Waals surface area contributed by atoms with Crippen LogP contribution in [0.2, 0.25) is 0 Å². The van der Waals surface area contributed by atoms with E-state index in [1.54, 1.807) is 25.5 Å². The highest BCUT2D eigenvalue weighted by Gasteiger charge is 2.22. The van der Waals surface area contributed by atoms with Gasteiger partial charge in [-0.25, -0.2) is 13.4 Å². The number of sulfonamides is 1. The Labute approximate surface area is 160 Å². The summed E-state index contributed by atoms with van der Waals surface area (Å²) in [6.07, 6.45) is 5.96. The molecule has 1 aromatic carbocycles. The highest BCUT2D eigenvalue weighted by atomic mass is 32.2. The van der Waals surface area contributed by atoms with Crippen molar-refractivity contribution in [3.63, 3.8) is 0 Å². The summed E-state index contributed by atoms with van der Waals surface area (Å²) in [5, 5.41) is 2.74. The van der Waals surface area contributed by atoms with E-state index in [9.17, 15) is 13.2 Å². The van der Waals surface area contributed by atoms with E-state index >= 15 is 0 Å². The zero-order valence-corrected chi connectivity index (χ0v) is 16.6. The van der Waals surface area contributed by atoms with Crippen LogP contribution in [0.4, 0.5) is 0 Å². The fourth-order valence-corrected chi connectivity index (χ4v) is 3.79. The van der Waals surface area contributed by atoms with Gasteiger partial charge in [-0.15, -0.1) is 0 Å². The largest absolute Gasteiger partial charge is 0.494 e. The lowest BCUT2D eigenvalue weighted by Crippen LogP contribution is -2.45. The molecule has 1 atom stereocenters. The second-order valence-electron chi connectivity index (χ2n) is 6.15. The normalized spacial score (nSPS) is 12.6. The van der Waals surface area contributed by atoms with Crippen LogP contribution in [-0.2, 0) is 21.4 Å². The van der Waals surface area contributed by atoms with Crippen LogP contribution < -0.4 is 14.8 Å². The molecule has 2 aromatic rings. The second kappa shape index (κ2) is 9.52. The number of benzene rings is 1. The molecule has 0 saturated carbocycles. The van der Waals surface area contributed by atoms with E-state index in [0.29, 0.717) is 18.9 Å². The quantitative estimate of drug-likeness (QED) is 0.594. The number of hydrogen-bond donors (Lipinski definition) is 2. The minimum Gasteiger partial charge on any atom is -0.494 e. The molecule has 0 saturated heterocycles. The number of nitrogens with zero attached hydrogens (tertiary/aromatic N) is 2. The van der Waals surface area contributed by atoms with Gasteiger partial charge < -0.3 is 14.6 Å². The SMILES string of the molecule is CCOc1ccc(S(=O)(=O)NC(C)C(=O)NCCCn2ccnc2)cc1C. The van der Waals surface area contributed by atoms with Crippen molar-refractivity contribution in [2.75, 3.05) is 13.2 Å². The first-order valence-electron chi connectivity index (χ1n) is 8.82. The van der Waals surface area contributed by atoms with Crippen molar-refractivity contribution in [3.05, 3.63) is 42.5 Å². The molecule has 0 aliphatic rings. The van der Waals surface area contributed by atoms with E-state index < -0.39 is 16.1 Å². The molecule has 0 aliphatic heterocycles. The second-order valence-corrected chi connectivity index (χ2v) is 7.86. The molecular formula is C18H26N4O4S. The highest BCUT2D eigenvalue weighted by Crippen LogP contribution is 2.21. The van der Waals surface area contributed by atoms with Crippen molar-refractivity contribution in [2.24, 2.45) is 0 Å². The van der Waals surface area contributed by atoms with E-state index in [2.05, 4.69) is 15.0 Å². The van der Waals surface area contributed by atoms with E-state index in [0.717, 1.165) is 18.5 Å². The minimum absolute atomic E-state index is 0.100. The summed E-state index contributed by atoms with van der Waals surface area (Å²) < 4.78 is 34.8. The van der Waals surface area contributed by atoms with Crippen LogP contribution in [-0.4, -0.2) is 43.1 Å². The number of imidazole rings is 1. The number of carbonyl (C=O) groups is 1. The fraction of sp³-hybridized carbons (Fsp3) is 0.444. The maximum atomic E-state index is 12.5. The van der Waals surface area contributed by atoms with Gasteiger partial charge in [0.1, 0.15) is 5.75 Å². The first-order chi connectivity index (χ1) is 12.8. The molecule has 2 N–H and O–H groups in total. The predicted octanol–water partition coefficient (Wildman–Crippen LogP) is 1.46. The Kier molecular flexibility index (Phi) is 7.37. The van der Waals surface area contributed by atoms with Crippen LogP contribution in [0.1, 0.15) is 25.8 Å². The Morgan fingerprint density at radius 3 is 2.78 bits per heavy atom. The molecular weight excluding hydrogens is 368 g/mol. The summed E-state index contributed by atoms with van der Waals surface area (Å²) in [6.45, 7) is 6.84. The van der Waals surface area contributed by atoms with Gasteiger partial charge in [-0.05, 0) is 51.0 Å². The third-order valence-electron chi connectivity index (χ3n) is 3.93. The van der Waals surface area contributed by atoms with Gasteiger partial charge in [0.2, 0.25) is 15.9 Å². The summed E-state index contributed by atoms with van der Waals surface area (Å²) in [7, 11) is -3.80. The summed E-state index contributed by atoms with van der Waals surface area (Å²) in [5.41, 5.74) is 0.719. The lowest BCUT2D eigenvalue weighted by atomic mass is 10.2. The molecule has 9 heteroatoms. The first kappa shape index (κ1) is 20.9. The number of nitrogens with one attached hydrogen (secondary N) is 2. The molecule has 0 aliphatic carbocycles. The zero-order chi connectivity index (χ0) is 19.9. The molecule has 1 unspecified atom stereocenters. The number of aryl methyl sites for hydroxylation is 2. The maximum absolute atomic E-state index is 12.5. The zero-order valence-electron chi connectivity index (χ0n) is 15.8. The van der Waals surface area contributed by atoms with Crippen LogP contribution >= 0.6 is 0 Å². The van der Waals surface area contributed by atoms with Crippen molar-refractivity contribution in [1.29, 1.82) is 0 Å². The Bertz CT molecular complexity index is 850. The van der Waals surface area contributed by atoms with Gasteiger partial charge in [0.15, 0.2) is 0 Å². The molecule has 2 rings (SSSR count). The van der Waals surface area contributed by atoms with Gasteiger partial charge in [-0.1, -0.05) is 0 Å². The molecule has 0 spiro atoms. The van der Waals surface area contributed by atoms with Crippen molar-refractivity contribution >= 4 is 15.9 Å². The van der Waals surface area contributed by atoms with Gasteiger partial charge in [-0.2, -0.15) is 4.72 Å². The molecule has 0 fully saturated rings. The standard InChI is InChI=1S/C18H26N4O4S/c1-4-26-17-7-6-16(12-14(17)2)27(24,25)21-15(3)18(23)20-8-5-10-22-11-9-19-13-22/h6-7,9,11-13,15,21H,4-5,8,10H2,1-3H3,(H,20,23). The van der Waals surface area contributed by atoms with Crippen molar-refractivity contribution in [2.45, 2.75) is 44.7 Å². The molecule has 148 valence electrons. The van der Waals surface area contributed by atoms with E-state index in [4.69, 9.17) is 4.74 Å². The van der Waals surface area contributed by atoms with Gasteiger partial charge in [0.05, 0.1) is 23.9 Å². The third kappa shape index (κ3) is 6.07. The van der Waals surface area contributed by atoms with Gasteiger partial charge in [0.25, 0.3) is 0 Å². The van der Waals surface area contributed by atoms with Gasteiger partial charge in [0, 0.05) is 25.5 Å². The first-order valence-corrected chi connectivity index (χ1v) is 10.3. The van der Waals surface area contributed by atoms with Crippen LogP contribution in [0.15, 0.2) is 41.8 Å². The topological polar surface area (TPSA) is 102 Å². The monoisotopic (exact) mass is 394 g/mol. The van der Waals surface area contributed by atoms with E-state index in [-0.39, 0.29) is 10.8 Å². The summed E-state index contributed by atoms with van der Waals surface area (Å²) in [6, 6.07) is 3.74. The molecule has 0 radical (unpaired) electrons. The Balaban J connectivity index is 1.87. The Morgan fingerprint density at radius 2 is 2.15 bits per heavy atom. The van der Waals surface area contributed by atoms with Gasteiger partial charge >= 0.3 is 0 Å². The number of rotatable bonds is 10. The average Bonchev–Trinajstić information content (AvgIpc) is 3.13. The summed E-state index contributed by atoms with van der Waals surface area (Å²) >= 11 is 0. The van der Waals surface area contributed by atoms with Crippen LogP contribution in [0, 0.1) is 6.92 Å². The number of ether oxygens (including phenoxy) is 1. The Morgan fingerprint density at radius 1 is 1.37 bits per heavy atom. The smallest absolute Gasteiger partial charge is 0.241 e. The van der Waals surface area contributed by atoms with E-state index in [1.165, 1.54) is 19.1 Å². The Hall–Kier alpha value is -2.39. The molecule has 1 heterocycles. The molecule has 8 nitrogen and oxygen atoms in total. The third-order valence-corrected chi connectivity index (χ3v) is 5.47. The number of carbonyl (C=O) groups excluding carboxylic acids is 1. The number of hydrogen-bond acceptors (Lipinski definition) is 5. The molecule has 1 aromatic heterocycles. The number of aromatic nitrogens is 2. The van der Waals surface area contributed by atoms with E-state index in [1.807, 2.05) is 17.7 Å². The van der Waals surface area contributed by atoms with Crippen molar-refractivity contribution in [1.82, 2.24) is 19.6 Å².